The van der Waals surface area contributed by atoms with Crippen LogP contribution in [0.25, 0.3) is 0 Å². The molecular weight excluding hydrogens is 294 g/mol. The van der Waals surface area contributed by atoms with Crippen molar-refractivity contribution < 1.29 is 19.4 Å². The van der Waals surface area contributed by atoms with Crippen molar-refractivity contribution in [2.45, 2.75) is 25.8 Å². The average molecular weight is 312 g/mol. The van der Waals surface area contributed by atoms with Gasteiger partial charge < -0.3 is 14.7 Å². The molecule has 2 atom stereocenters. The van der Waals surface area contributed by atoms with E-state index in [2.05, 4.69) is 0 Å². The number of carbonyl (C=O) groups is 2. The highest BCUT2D eigenvalue weighted by Crippen LogP contribution is 2.23. The standard InChI is InChI=1S/C15H18ClNO4/c1-10-6-7-17(13(8-10)15(19)20)14(18)9-21-12-4-2-11(16)3-5-12/h2-5,10,13H,6-9H2,1H3,(H,19,20). The third-order valence-electron chi connectivity index (χ3n) is 3.65. The van der Waals surface area contributed by atoms with Crippen LogP contribution in [0.5, 0.6) is 5.75 Å². The quantitative estimate of drug-likeness (QED) is 0.927. The van der Waals surface area contributed by atoms with E-state index in [0.29, 0.717) is 29.7 Å². The summed E-state index contributed by atoms with van der Waals surface area (Å²) in [6.07, 6.45) is 1.30. The zero-order valence-electron chi connectivity index (χ0n) is 11.8. The largest absolute Gasteiger partial charge is 0.484 e. The van der Waals surface area contributed by atoms with E-state index in [4.69, 9.17) is 16.3 Å². The Hall–Kier alpha value is -1.75. The molecule has 1 aliphatic heterocycles. The summed E-state index contributed by atoms with van der Waals surface area (Å²) in [5.74, 6) is -0.414. The normalized spacial score (nSPS) is 21.9. The second kappa shape index (κ2) is 6.80. The third-order valence-corrected chi connectivity index (χ3v) is 3.90. The molecule has 2 unspecified atom stereocenters. The van der Waals surface area contributed by atoms with Gasteiger partial charge in [-0.1, -0.05) is 18.5 Å². The molecule has 1 N–H and O–H groups in total. The Morgan fingerprint density at radius 3 is 2.67 bits per heavy atom. The Morgan fingerprint density at radius 2 is 2.05 bits per heavy atom. The van der Waals surface area contributed by atoms with Gasteiger partial charge in [0.25, 0.3) is 5.91 Å². The van der Waals surface area contributed by atoms with Crippen LogP contribution in [-0.4, -0.2) is 41.1 Å². The van der Waals surface area contributed by atoms with Crippen molar-refractivity contribution in [3.05, 3.63) is 29.3 Å². The predicted octanol–water partition coefficient (Wildman–Crippen LogP) is 2.43. The topological polar surface area (TPSA) is 66.8 Å². The number of carboxylic acid groups (broad SMARTS) is 1. The van der Waals surface area contributed by atoms with Crippen molar-refractivity contribution in [2.24, 2.45) is 5.92 Å². The maximum atomic E-state index is 12.2. The van der Waals surface area contributed by atoms with Gasteiger partial charge in [0, 0.05) is 11.6 Å². The molecule has 1 aliphatic rings. The summed E-state index contributed by atoms with van der Waals surface area (Å²) in [5.41, 5.74) is 0. The lowest BCUT2D eigenvalue weighted by atomic mass is 9.92. The van der Waals surface area contributed by atoms with Gasteiger partial charge in [0.15, 0.2) is 6.61 Å². The number of ether oxygens (including phenoxy) is 1. The second-order valence-corrected chi connectivity index (χ2v) is 5.75. The molecule has 1 aromatic rings. The summed E-state index contributed by atoms with van der Waals surface area (Å²) in [6, 6.07) is 5.93. The summed E-state index contributed by atoms with van der Waals surface area (Å²) in [7, 11) is 0. The van der Waals surface area contributed by atoms with Gasteiger partial charge >= 0.3 is 5.97 Å². The minimum absolute atomic E-state index is 0.167. The highest BCUT2D eigenvalue weighted by Gasteiger charge is 2.34. The van der Waals surface area contributed by atoms with Crippen LogP contribution in [0.15, 0.2) is 24.3 Å². The van der Waals surface area contributed by atoms with Gasteiger partial charge in [-0.3, -0.25) is 4.79 Å². The molecule has 5 nitrogen and oxygen atoms in total. The molecule has 0 saturated carbocycles. The van der Waals surface area contributed by atoms with Gasteiger partial charge in [0.05, 0.1) is 0 Å². The van der Waals surface area contributed by atoms with E-state index in [0.717, 1.165) is 6.42 Å². The zero-order chi connectivity index (χ0) is 15.4. The Kier molecular flexibility index (Phi) is 5.07. The van der Waals surface area contributed by atoms with Crippen LogP contribution in [0.2, 0.25) is 5.02 Å². The van der Waals surface area contributed by atoms with Crippen LogP contribution in [0, 0.1) is 5.92 Å². The number of halogens is 1. The first-order chi connectivity index (χ1) is 9.97. The highest BCUT2D eigenvalue weighted by molar-refractivity contribution is 6.30. The molecule has 0 radical (unpaired) electrons. The average Bonchev–Trinajstić information content (AvgIpc) is 2.46. The van der Waals surface area contributed by atoms with E-state index in [1.165, 1.54) is 4.90 Å². The fourth-order valence-corrected chi connectivity index (χ4v) is 2.56. The SMILES string of the molecule is CC1CCN(C(=O)COc2ccc(Cl)cc2)C(C(=O)O)C1. The first-order valence-electron chi connectivity index (χ1n) is 6.88. The minimum atomic E-state index is -0.957. The summed E-state index contributed by atoms with van der Waals surface area (Å²) in [5, 5.41) is 9.83. The molecule has 2 rings (SSSR count). The molecule has 6 heteroatoms. The number of likely N-dealkylation sites (tertiary alicyclic amines) is 1. The number of aliphatic carboxylic acids is 1. The number of benzene rings is 1. The number of carboxylic acids is 1. The Bertz CT molecular complexity index is 517. The molecule has 0 aliphatic carbocycles. The summed E-state index contributed by atoms with van der Waals surface area (Å²) < 4.78 is 5.39. The molecule has 1 fully saturated rings. The van der Waals surface area contributed by atoms with Crippen molar-refractivity contribution in [3.63, 3.8) is 0 Å². The molecular formula is C15H18ClNO4. The molecule has 21 heavy (non-hydrogen) atoms. The first-order valence-corrected chi connectivity index (χ1v) is 7.26. The maximum absolute atomic E-state index is 12.2. The predicted molar refractivity (Wildman–Crippen MR) is 78.5 cm³/mol. The second-order valence-electron chi connectivity index (χ2n) is 5.31. The summed E-state index contributed by atoms with van der Waals surface area (Å²) in [4.78, 5) is 24.8. The molecule has 1 amide bonds. The van der Waals surface area contributed by atoms with Gasteiger partial charge in [-0.2, -0.15) is 0 Å². The van der Waals surface area contributed by atoms with Crippen LogP contribution in [0.1, 0.15) is 19.8 Å². The molecule has 1 aromatic carbocycles. The Balaban J connectivity index is 1.95. The lowest BCUT2D eigenvalue weighted by molar-refractivity contribution is -0.153. The van der Waals surface area contributed by atoms with Crippen molar-refractivity contribution in [2.75, 3.05) is 13.2 Å². The third kappa shape index (κ3) is 4.11. The lowest BCUT2D eigenvalue weighted by Gasteiger charge is -2.35. The van der Waals surface area contributed by atoms with Crippen LogP contribution in [-0.2, 0) is 9.59 Å². The van der Waals surface area contributed by atoms with Gasteiger partial charge in [-0.05, 0) is 43.0 Å². The van der Waals surface area contributed by atoms with E-state index >= 15 is 0 Å². The molecule has 0 bridgehead atoms. The number of piperidine rings is 1. The number of amides is 1. The highest BCUT2D eigenvalue weighted by atomic mass is 35.5. The minimum Gasteiger partial charge on any atom is -0.484 e. The lowest BCUT2D eigenvalue weighted by Crippen LogP contribution is -2.51. The monoisotopic (exact) mass is 311 g/mol. The van der Waals surface area contributed by atoms with Crippen molar-refractivity contribution >= 4 is 23.5 Å². The Morgan fingerprint density at radius 1 is 1.38 bits per heavy atom. The van der Waals surface area contributed by atoms with Gasteiger partial charge in [-0.15, -0.1) is 0 Å². The molecule has 1 saturated heterocycles. The van der Waals surface area contributed by atoms with Crippen LogP contribution < -0.4 is 4.74 Å². The maximum Gasteiger partial charge on any atom is 0.326 e. The van der Waals surface area contributed by atoms with E-state index < -0.39 is 12.0 Å². The van der Waals surface area contributed by atoms with Crippen molar-refractivity contribution in [3.8, 4) is 5.75 Å². The molecule has 0 spiro atoms. The summed E-state index contributed by atoms with van der Waals surface area (Å²) >= 11 is 5.77. The van der Waals surface area contributed by atoms with Crippen LogP contribution in [0.4, 0.5) is 0 Å². The first kappa shape index (κ1) is 15.6. The smallest absolute Gasteiger partial charge is 0.326 e. The van der Waals surface area contributed by atoms with E-state index in [1.807, 2.05) is 6.92 Å². The number of nitrogens with zero attached hydrogens (tertiary/aromatic N) is 1. The molecule has 114 valence electrons. The van der Waals surface area contributed by atoms with Gasteiger partial charge in [0.1, 0.15) is 11.8 Å². The fraction of sp³-hybridized carbons (Fsp3) is 0.467. The van der Waals surface area contributed by atoms with Gasteiger partial charge in [0.2, 0.25) is 0 Å². The fourth-order valence-electron chi connectivity index (χ4n) is 2.43. The van der Waals surface area contributed by atoms with Crippen LogP contribution >= 0.6 is 11.6 Å². The van der Waals surface area contributed by atoms with E-state index in [1.54, 1.807) is 24.3 Å². The number of rotatable bonds is 4. The number of hydrogen-bond acceptors (Lipinski definition) is 3. The number of hydrogen-bond donors (Lipinski definition) is 1. The van der Waals surface area contributed by atoms with Crippen molar-refractivity contribution in [1.82, 2.24) is 4.90 Å². The van der Waals surface area contributed by atoms with Gasteiger partial charge in [-0.25, -0.2) is 4.79 Å². The van der Waals surface area contributed by atoms with Crippen molar-refractivity contribution in [1.29, 1.82) is 0 Å². The molecule has 1 heterocycles. The van der Waals surface area contributed by atoms with E-state index in [-0.39, 0.29) is 12.5 Å². The van der Waals surface area contributed by atoms with E-state index in [9.17, 15) is 14.7 Å². The Labute approximate surface area is 128 Å². The summed E-state index contributed by atoms with van der Waals surface area (Å²) in [6.45, 7) is 2.29. The van der Waals surface area contributed by atoms with Crippen LogP contribution in [0.3, 0.4) is 0 Å². The number of carbonyl (C=O) groups excluding carboxylic acids is 1. The zero-order valence-corrected chi connectivity index (χ0v) is 12.5. The molecule has 0 aromatic heterocycles.